The molecule has 0 bridgehead atoms. The second-order valence-corrected chi connectivity index (χ2v) is 3.53. The lowest BCUT2D eigenvalue weighted by atomic mass is 10.2. The molecule has 1 amide bonds. The predicted octanol–water partition coefficient (Wildman–Crippen LogP) is 2.41. The molecule has 0 unspecified atom stereocenters. The lowest BCUT2D eigenvalue weighted by Crippen LogP contribution is -2.21. The fourth-order valence-electron chi connectivity index (χ4n) is 0.575. The minimum Gasteiger partial charge on any atom is -0.442 e. The number of aliphatic imine (C=N–C) groups is 1. The number of hydrogen-bond acceptors (Lipinski definition) is 2. The molecule has 0 aliphatic heterocycles. The summed E-state index contributed by atoms with van der Waals surface area (Å²) in [5, 5.41) is 0. The van der Waals surface area contributed by atoms with E-state index in [1.807, 2.05) is 0 Å². The number of carbonyl (C=O) groups is 1. The zero-order valence-corrected chi connectivity index (χ0v) is 8.33. The first-order valence-corrected chi connectivity index (χ1v) is 4.14. The SMILES string of the molecule is C#CCCC=NC(=O)OC(C)(C)C. The van der Waals surface area contributed by atoms with Gasteiger partial charge in [-0.15, -0.1) is 12.3 Å². The summed E-state index contributed by atoms with van der Waals surface area (Å²) in [5.74, 6) is 2.45. The predicted molar refractivity (Wildman–Crippen MR) is 52.8 cm³/mol. The van der Waals surface area contributed by atoms with Crippen LogP contribution in [0.1, 0.15) is 33.6 Å². The third kappa shape index (κ3) is 8.61. The highest BCUT2D eigenvalue weighted by Gasteiger charge is 2.14. The molecule has 0 aliphatic carbocycles. The lowest BCUT2D eigenvalue weighted by Gasteiger charge is -2.16. The van der Waals surface area contributed by atoms with Gasteiger partial charge in [0.1, 0.15) is 5.60 Å². The molecule has 0 saturated carbocycles. The first-order valence-electron chi connectivity index (χ1n) is 4.14. The molecule has 3 heteroatoms. The second-order valence-electron chi connectivity index (χ2n) is 3.53. The highest BCUT2D eigenvalue weighted by atomic mass is 16.6. The zero-order valence-electron chi connectivity index (χ0n) is 8.33. The Balaban J connectivity index is 3.76. The van der Waals surface area contributed by atoms with Gasteiger partial charge in [-0.25, -0.2) is 4.79 Å². The molecule has 0 aromatic carbocycles. The molecule has 72 valence electrons. The average molecular weight is 181 g/mol. The molecule has 0 saturated heterocycles. The van der Waals surface area contributed by atoms with Crippen molar-refractivity contribution < 1.29 is 9.53 Å². The maximum atomic E-state index is 11.0. The summed E-state index contributed by atoms with van der Waals surface area (Å²) in [6.07, 6.45) is 7.13. The Labute approximate surface area is 79.2 Å². The van der Waals surface area contributed by atoms with Gasteiger partial charge in [-0.05, 0) is 27.2 Å². The second kappa shape index (κ2) is 5.36. The normalized spacial score (nSPS) is 11.2. The Hall–Kier alpha value is -1.30. The van der Waals surface area contributed by atoms with Crippen molar-refractivity contribution in [1.29, 1.82) is 0 Å². The summed E-state index contributed by atoms with van der Waals surface area (Å²) >= 11 is 0. The molecule has 3 nitrogen and oxygen atoms in total. The Morgan fingerprint density at radius 1 is 1.62 bits per heavy atom. The Kier molecular flexibility index (Phi) is 4.83. The summed E-state index contributed by atoms with van der Waals surface area (Å²) in [7, 11) is 0. The molecule has 0 heterocycles. The molecule has 0 fully saturated rings. The maximum absolute atomic E-state index is 11.0. The molecule has 0 atom stereocenters. The molecule has 0 radical (unpaired) electrons. The zero-order chi connectivity index (χ0) is 10.3. The minimum atomic E-state index is -0.565. The van der Waals surface area contributed by atoms with Gasteiger partial charge in [-0.2, -0.15) is 4.99 Å². The van der Waals surface area contributed by atoms with Crippen LogP contribution in [0, 0.1) is 12.3 Å². The third-order valence-electron chi connectivity index (χ3n) is 1.01. The molecule has 13 heavy (non-hydrogen) atoms. The van der Waals surface area contributed by atoms with Gasteiger partial charge in [0.15, 0.2) is 0 Å². The molecule has 0 spiro atoms. The van der Waals surface area contributed by atoms with Gasteiger partial charge in [0.05, 0.1) is 0 Å². The molecule has 0 aliphatic rings. The molecule has 0 aromatic heterocycles. The summed E-state index contributed by atoms with van der Waals surface area (Å²) in [6, 6.07) is 0. The van der Waals surface area contributed by atoms with Gasteiger partial charge < -0.3 is 4.74 Å². The van der Waals surface area contributed by atoms with Gasteiger partial charge in [-0.1, -0.05) is 0 Å². The van der Waals surface area contributed by atoms with E-state index in [1.165, 1.54) is 6.21 Å². The van der Waals surface area contributed by atoms with Crippen LogP contribution in [0.25, 0.3) is 0 Å². The number of terminal acetylenes is 1. The van der Waals surface area contributed by atoms with E-state index in [2.05, 4.69) is 10.9 Å². The van der Waals surface area contributed by atoms with Crippen LogP contribution >= 0.6 is 0 Å². The van der Waals surface area contributed by atoms with Crippen LogP contribution in [0.15, 0.2) is 4.99 Å². The topological polar surface area (TPSA) is 38.7 Å². The largest absolute Gasteiger partial charge is 0.442 e. The van der Waals surface area contributed by atoms with Crippen LogP contribution in [-0.2, 0) is 4.74 Å². The number of rotatable bonds is 2. The number of nitrogens with zero attached hydrogens (tertiary/aromatic N) is 1. The van der Waals surface area contributed by atoms with Crippen LogP contribution in [0.3, 0.4) is 0 Å². The quantitative estimate of drug-likeness (QED) is 0.373. The summed E-state index contributed by atoms with van der Waals surface area (Å²) < 4.78 is 4.93. The van der Waals surface area contributed by atoms with Crippen molar-refractivity contribution in [3.05, 3.63) is 0 Å². The van der Waals surface area contributed by atoms with Crippen LogP contribution in [0.4, 0.5) is 4.79 Å². The molecular formula is C10H15NO2. The van der Waals surface area contributed by atoms with Crippen molar-refractivity contribution in [2.24, 2.45) is 4.99 Å². The Morgan fingerprint density at radius 2 is 2.23 bits per heavy atom. The van der Waals surface area contributed by atoms with Crippen LogP contribution in [0.2, 0.25) is 0 Å². The van der Waals surface area contributed by atoms with Crippen molar-refractivity contribution in [3.63, 3.8) is 0 Å². The van der Waals surface area contributed by atoms with Crippen molar-refractivity contribution in [3.8, 4) is 12.3 Å². The molecule has 0 aromatic rings. The molecular weight excluding hydrogens is 166 g/mol. The fourth-order valence-corrected chi connectivity index (χ4v) is 0.575. The van der Waals surface area contributed by atoms with Crippen molar-refractivity contribution in [2.75, 3.05) is 0 Å². The van der Waals surface area contributed by atoms with E-state index in [0.29, 0.717) is 12.8 Å². The number of unbranched alkanes of at least 4 members (excludes halogenated alkanes) is 1. The summed E-state index contributed by atoms with van der Waals surface area (Å²) in [6.45, 7) is 5.38. The van der Waals surface area contributed by atoms with E-state index < -0.39 is 11.7 Å². The van der Waals surface area contributed by atoms with Gasteiger partial charge in [0, 0.05) is 12.6 Å². The van der Waals surface area contributed by atoms with E-state index >= 15 is 0 Å². The van der Waals surface area contributed by atoms with Gasteiger partial charge in [0.25, 0.3) is 0 Å². The first kappa shape index (κ1) is 11.7. The van der Waals surface area contributed by atoms with Crippen LogP contribution in [0.5, 0.6) is 0 Å². The standard InChI is InChI=1S/C10H15NO2/c1-5-6-7-8-11-9(12)13-10(2,3)4/h1,8H,6-7H2,2-4H3. The van der Waals surface area contributed by atoms with E-state index in [9.17, 15) is 4.79 Å². The Morgan fingerprint density at radius 3 is 2.69 bits per heavy atom. The number of carbonyl (C=O) groups excluding carboxylic acids is 1. The van der Waals surface area contributed by atoms with E-state index in [1.54, 1.807) is 20.8 Å². The van der Waals surface area contributed by atoms with Crippen LogP contribution < -0.4 is 0 Å². The fraction of sp³-hybridized carbons (Fsp3) is 0.600. The van der Waals surface area contributed by atoms with E-state index in [0.717, 1.165) is 0 Å². The van der Waals surface area contributed by atoms with Gasteiger partial charge >= 0.3 is 6.09 Å². The van der Waals surface area contributed by atoms with Gasteiger partial charge in [-0.3, -0.25) is 0 Å². The monoisotopic (exact) mass is 181 g/mol. The van der Waals surface area contributed by atoms with Crippen LogP contribution in [-0.4, -0.2) is 17.9 Å². The maximum Gasteiger partial charge on any atom is 0.433 e. The summed E-state index contributed by atoms with van der Waals surface area (Å²) in [4.78, 5) is 14.5. The smallest absolute Gasteiger partial charge is 0.433 e. The average Bonchev–Trinajstić information content (AvgIpc) is 1.94. The highest BCUT2D eigenvalue weighted by Crippen LogP contribution is 2.07. The number of ether oxygens (including phenoxy) is 1. The number of hydrogen-bond donors (Lipinski definition) is 0. The lowest BCUT2D eigenvalue weighted by molar-refractivity contribution is 0.0605. The van der Waals surface area contributed by atoms with E-state index in [-0.39, 0.29) is 0 Å². The van der Waals surface area contributed by atoms with Gasteiger partial charge in [0.2, 0.25) is 0 Å². The minimum absolute atomic E-state index is 0.486. The van der Waals surface area contributed by atoms with Crippen molar-refractivity contribution in [2.45, 2.75) is 39.2 Å². The highest BCUT2D eigenvalue weighted by molar-refractivity contribution is 5.79. The summed E-state index contributed by atoms with van der Waals surface area (Å²) in [5.41, 5.74) is -0.486. The molecule has 0 rings (SSSR count). The number of amides is 1. The first-order chi connectivity index (χ1) is 5.95. The molecule has 0 N–H and O–H groups in total. The third-order valence-corrected chi connectivity index (χ3v) is 1.01. The van der Waals surface area contributed by atoms with E-state index in [4.69, 9.17) is 11.2 Å². The van der Waals surface area contributed by atoms with Crippen molar-refractivity contribution in [1.82, 2.24) is 0 Å². The Bertz CT molecular complexity index is 230. The van der Waals surface area contributed by atoms with Crippen molar-refractivity contribution >= 4 is 12.3 Å².